The highest BCUT2D eigenvalue weighted by molar-refractivity contribution is 9.09. The van der Waals surface area contributed by atoms with Gasteiger partial charge < -0.3 is 5.32 Å². The molecule has 0 aliphatic rings. The van der Waals surface area contributed by atoms with Crippen molar-refractivity contribution in [3.8, 4) is 0 Å². The van der Waals surface area contributed by atoms with Gasteiger partial charge in [0, 0.05) is 24.8 Å². The first kappa shape index (κ1) is 15.9. The molecule has 0 spiro atoms. The Kier molecular flexibility index (Phi) is 8.87. The summed E-state index contributed by atoms with van der Waals surface area (Å²) in [5, 5.41) is 3.47. The lowest BCUT2D eigenvalue weighted by Gasteiger charge is -2.06. The average Bonchev–Trinajstić information content (AvgIpc) is 2.17. The van der Waals surface area contributed by atoms with E-state index in [9.17, 15) is 13.2 Å². The molecule has 0 saturated carbocycles. The van der Waals surface area contributed by atoms with Gasteiger partial charge in [0.05, 0.1) is 5.75 Å². The Morgan fingerprint density at radius 3 is 2.56 bits per heavy atom. The van der Waals surface area contributed by atoms with E-state index in [2.05, 4.69) is 26.0 Å². The van der Waals surface area contributed by atoms with Crippen molar-refractivity contribution >= 4 is 31.9 Å². The summed E-state index contributed by atoms with van der Waals surface area (Å²) in [5.74, 6) is -0.155. The van der Waals surface area contributed by atoms with Crippen LogP contribution in [0.2, 0.25) is 0 Å². The number of sulfonamides is 1. The summed E-state index contributed by atoms with van der Waals surface area (Å²) >= 11 is 3.28. The SMILES string of the molecule is CCNS(=O)(=O)CCNC(=O)CCCCBr. The van der Waals surface area contributed by atoms with Crippen molar-refractivity contribution in [2.45, 2.75) is 26.2 Å². The van der Waals surface area contributed by atoms with Gasteiger partial charge in [0.2, 0.25) is 15.9 Å². The van der Waals surface area contributed by atoms with Crippen LogP contribution in [0.25, 0.3) is 0 Å². The summed E-state index contributed by atoms with van der Waals surface area (Å²) in [6, 6.07) is 0. The molecule has 1 amide bonds. The molecule has 0 fully saturated rings. The van der Waals surface area contributed by atoms with Crippen molar-refractivity contribution in [1.82, 2.24) is 10.0 Å². The van der Waals surface area contributed by atoms with Gasteiger partial charge in [0.1, 0.15) is 0 Å². The molecule has 0 atom stereocenters. The molecule has 0 unspecified atom stereocenters. The lowest BCUT2D eigenvalue weighted by molar-refractivity contribution is -0.121. The third kappa shape index (κ3) is 9.11. The molecule has 0 bridgehead atoms. The van der Waals surface area contributed by atoms with E-state index in [1.807, 2.05) is 0 Å². The zero-order chi connectivity index (χ0) is 12.4. The van der Waals surface area contributed by atoms with Gasteiger partial charge in [-0.15, -0.1) is 0 Å². The smallest absolute Gasteiger partial charge is 0.220 e. The first-order valence-electron chi connectivity index (χ1n) is 5.32. The van der Waals surface area contributed by atoms with Gasteiger partial charge in [-0.3, -0.25) is 4.79 Å². The van der Waals surface area contributed by atoms with Crippen molar-refractivity contribution in [1.29, 1.82) is 0 Å². The Labute approximate surface area is 106 Å². The number of hydrogen-bond acceptors (Lipinski definition) is 3. The summed E-state index contributed by atoms with van der Waals surface area (Å²) in [6.07, 6.45) is 2.22. The summed E-state index contributed by atoms with van der Waals surface area (Å²) in [6.45, 7) is 2.26. The number of carbonyl (C=O) groups is 1. The molecule has 5 nitrogen and oxygen atoms in total. The van der Waals surface area contributed by atoms with Crippen molar-refractivity contribution in [3.05, 3.63) is 0 Å². The molecular weight excluding hydrogens is 296 g/mol. The highest BCUT2D eigenvalue weighted by Crippen LogP contribution is 1.97. The summed E-state index contributed by atoms with van der Waals surface area (Å²) in [7, 11) is -3.22. The molecule has 2 N–H and O–H groups in total. The molecule has 16 heavy (non-hydrogen) atoms. The molecule has 0 radical (unpaired) electrons. The Bertz CT molecular complexity index is 293. The van der Waals surface area contributed by atoms with E-state index in [1.54, 1.807) is 6.92 Å². The molecular formula is C9H19BrN2O3S. The van der Waals surface area contributed by atoms with Crippen LogP contribution in [0.3, 0.4) is 0 Å². The van der Waals surface area contributed by atoms with E-state index in [-0.39, 0.29) is 18.2 Å². The molecule has 0 aliphatic carbocycles. The van der Waals surface area contributed by atoms with Crippen LogP contribution in [0.4, 0.5) is 0 Å². The van der Waals surface area contributed by atoms with Crippen LogP contribution in [0.5, 0.6) is 0 Å². The van der Waals surface area contributed by atoms with Gasteiger partial charge in [0.15, 0.2) is 0 Å². The van der Waals surface area contributed by atoms with Crippen molar-refractivity contribution in [2.24, 2.45) is 0 Å². The Balaban J connectivity index is 3.61. The predicted molar refractivity (Wildman–Crippen MR) is 68.1 cm³/mol. The predicted octanol–water partition coefficient (Wildman–Crippen LogP) is 0.607. The van der Waals surface area contributed by atoms with Crippen LogP contribution in [-0.4, -0.2) is 38.5 Å². The van der Waals surface area contributed by atoms with Crippen LogP contribution >= 0.6 is 15.9 Å². The fourth-order valence-corrected chi connectivity index (χ4v) is 2.44. The zero-order valence-corrected chi connectivity index (χ0v) is 11.9. The van der Waals surface area contributed by atoms with Crippen LogP contribution in [0.15, 0.2) is 0 Å². The van der Waals surface area contributed by atoms with Crippen LogP contribution < -0.4 is 10.0 Å². The molecule has 0 heterocycles. The first-order chi connectivity index (χ1) is 7.52. The normalized spacial score (nSPS) is 11.4. The zero-order valence-electron chi connectivity index (χ0n) is 9.46. The maximum atomic E-state index is 11.2. The van der Waals surface area contributed by atoms with Crippen molar-refractivity contribution in [2.75, 3.05) is 24.2 Å². The number of alkyl halides is 1. The minimum absolute atomic E-state index is 0.0645. The van der Waals surface area contributed by atoms with Crippen molar-refractivity contribution in [3.63, 3.8) is 0 Å². The van der Waals surface area contributed by atoms with Gasteiger partial charge >= 0.3 is 0 Å². The largest absolute Gasteiger partial charge is 0.355 e. The fourth-order valence-electron chi connectivity index (χ4n) is 1.09. The second-order valence-corrected chi connectivity index (χ2v) is 6.03. The Morgan fingerprint density at radius 2 is 2.00 bits per heavy atom. The maximum absolute atomic E-state index is 11.2. The molecule has 0 aromatic rings. The first-order valence-corrected chi connectivity index (χ1v) is 8.09. The number of carbonyl (C=O) groups excluding carboxylic acids is 1. The average molecular weight is 315 g/mol. The van der Waals surface area contributed by atoms with Gasteiger partial charge in [-0.1, -0.05) is 22.9 Å². The minimum Gasteiger partial charge on any atom is -0.355 e. The highest BCUT2D eigenvalue weighted by Gasteiger charge is 2.08. The number of halogens is 1. The Hall–Kier alpha value is -0.140. The third-order valence-electron chi connectivity index (χ3n) is 1.84. The number of amides is 1. The van der Waals surface area contributed by atoms with E-state index >= 15 is 0 Å². The van der Waals surface area contributed by atoms with Crippen LogP contribution in [0.1, 0.15) is 26.2 Å². The number of hydrogen-bond donors (Lipinski definition) is 2. The second kappa shape index (κ2) is 8.95. The molecule has 0 saturated heterocycles. The number of unbranched alkanes of at least 4 members (excludes halogenated alkanes) is 1. The van der Waals surface area contributed by atoms with E-state index in [4.69, 9.17) is 0 Å². The second-order valence-electron chi connectivity index (χ2n) is 3.31. The maximum Gasteiger partial charge on any atom is 0.220 e. The summed E-state index contributed by atoms with van der Waals surface area (Å²) < 4.78 is 24.8. The summed E-state index contributed by atoms with van der Waals surface area (Å²) in [4.78, 5) is 11.2. The quantitative estimate of drug-likeness (QED) is 0.483. The third-order valence-corrected chi connectivity index (χ3v) is 3.88. The molecule has 0 rings (SSSR count). The molecule has 0 aliphatic heterocycles. The van der Waals surface area contributed by atoms with Crippen LogP contribution in [-0.2, 0) is 14.8 Å². The Morgan fingerprint density at radius 1 is 1.31 bits per heavy atom. The van der Waals surface area contributed by atoms with E-state index < -0.39 is 10.0 Å². The van der Waals surface area contributed by atoms with E-state index in [1.165, 1.54) is 0 Å². The van der Waals surface area contributed by atoms with Crippen molar-refractivity contribution < 1.29 is 13.2 Å². The summed E-state index contributed by atoms with van der Waals surface area (Å²) in [5.41, 5.74) is 0. The molecule has 0 aromatic heterocycles. The standard InChI is InChI=1S/C9H19BrN2O3S/c1-2-12-16(14,15)8-7-11-9(13)5-3-4-6-10/h12H,2-8H2,1H3,(H,11,13). The van der Waals surface area contributed by atoms with Gasteiger partial charge in [-0.05, 0) is 12.8 Å². The molecule has 96 valence electrons. The van der Waals surface area contributed by atoms with E-state index in [0.29, 0.717) is 13.0 Å². The number of nitrogens with one attached hydrogen (secondary N) is 2. The highest BCUT2D eigenvalue weighted by atomic mass is 79.9. The lowest BCUT2D eigenvalue weighted by Crippen LogP contribution is -2.34. The molecule has 0 aromatic carbocycles. The van der Waals surface area contributed by atoms with Gasteiger partial charge in [0.25, 0.3) is 0 Å². The fraction of sp³-hybridized carbons (Fsp3) is 0.889. The minimum atomic E-state index is -3.22. The van der Waals surface area contributed by atoms with Gasteiger partial charge in [-0.2, -0.15) is 0 Å². The molecule has 7 heteroatoms. The van der Waals surface area contributed by atoms with E-state index in [0.717, 1.165) is 18.2 Å². The lowest BCUT2D eigenvalue weighted by atomic mass is 10.2. The van der Waals surface area contributed by atoms with Crippen LogP contribution in [0, 0.1) is 0 Å². The topological polar surface area (TPSA) is 75.3 Å². The number of rotatable bonds is 9. The van der Waals surface area contributed by atoms with Gasteiger partial charge in [-0.25, -0.2) is 13.1 Å². The monoisotopic (exact) mass is 314 g/mol.